The number of aryl methyl sites for hydroxylation is 1. The van der Waals surface area contributed by atoms with Crippen molar-refractivity contribution in [1.29, 1.82) is 0 Å². The number of amides is 4. The highest BCUT2D eigenvalue weighted by molar-refractivity contribution is 9.10. The van der Waals surface area contributed by atoms with Gasteiger partial charge in [-0.1, -0.05) is 29.8 Å². The van der Waals surface area contributed by atoms with Gasteiger partial charge in [0.05, 0.1) is 0 Å². The quantitative estimate of drug-likeness (QED) is 0.769. The maximum atomic E-state index is 12.4. The van der Waals surface area contributed by atoms with E-state index in [9.17, 15) is 14.4 Å². The number of benzene rings is 1. The van der Waals surface area contributed by atoms with Gasteiger partial charge in [0.2, 0.25) is 5.91 Å². The minimum atomic E-state index is -0.883. The van der Waals surface area contributed by atoms with E-state index in [1.165, 1.54) is 0 Å². The predicted molar refractivity (Wildman–Crippen MR) is 91.1 cm³/mol. The Labute approximate surface area is 143 Å². The van der Waals surface area contributed by atoms with Gasteiger partial charge in [0.15, 0.2) is 0 Å². The van der Waals surface area contributed by atoms with Gasteiger partial charge in [-0.15, -0.1) is 0 Å². The SMILES string of the molecule is CCC1(CC)NC(=O)N(CC(=O)Nc2ccc(Br)c(C)c2)C1=O. The molecular weight excluding hydrogens is 362 g/mol. The van der Waals surface area contributed by atoms with Crippen molar-refractivity contribution < 1.29 is 14.4 Å². The van der Waals surface area contributed by atoms with Gasteiger partial charge in [-0.25, -0.2) is 4.79 Å². The summed E-state index contributed by atoms with van der Waals surface area (Å²) in [5.74, 6) is -0.743. The van der Waals surface area contributed by atoms with Gasteiger partial charge >= 0.3 is 6.03 Å². The molecule has 2 N–H and O–H groups in total. The number of carbonyl (C=O) groups excluding carboxylic acids is 3. The molecule has 1 aromatic carbocycles. The molecule has 6 nitrogen and oxygen atoms in total. The van der Waals surface area contributed by atoms with Crippen molar-refractivity contribution >= 4 is 39.5 Å². The molecular formula is C16H20BrN3O3. The second-order valence-electron chi connectivity index (χ2n) is 5.62. The summed E-state index contributed by atoms with van der Waals surface area (Å²) in [5, 5.41) is 5.41. The van der Waals surface area contributed by atoms with Gasteiger partial charge in [0.1, 0.15) is 12.1 Å². The number of halogens is 1. The molecule has 0 atom stereocenters. The summed E-state index contributed by atoms with van der Waals surface area (Å²) in [6.45, 7) is 5.31. The van der Waals surface area contributed by atoms with Crippen molar-refractivity contribution in [2.45, 2.75) is 39.2 Å². The number of hydrogen-bond donors (Lipinski definition) is 2. The Morgan fingerprint density at radius 1 is 1.30 bits per heavy atom. The Balaban J connectivity index is 2.06. The van der Waals surface area contributed by atoms with Crippen LogP contribution in [-0.2, 0) is 9.59 Å². The maximum Gasteiger partial charge on any atom is 0.325 e. The van der Waals surface area contributed by atoms with Crippen molar-refractivity contribution in [3.8, 4) is 0 Å². The third kappa shape index (κ3) is 3.39. The van der Waals surface area contributed by atoms with E-state index in [0.717, 1.165) is 14.9 Å². The lowest BCUT2D eigenvalue weighted by molar-refractivity contribution is -0.134. The third-order valence-corrected chi connectivity index (χ3v) is 5.09. The van der Waals surface area contributed by atoms with Gasteiger partial charge in [-0.3, -0.25) is 14.5 Å². The van der Waals surface area contributed by atoms with Crippen LogP contribution in [0.4, 0.5) is 10.5 Å². The summed E-state index contributed by atoms with van der Waals surface area (Å²) in [4.78, 5) is 37.6. The fraction of sp³-hybridized carbons (Fsp3) is 0.438. The fourth-order valence-electron chi connectivity index (χ4n) is 2.62. The Morgan fingerprint density at radius 3 is 2.48 bits per heavy atom. The lowest BCUT2D eigenvalue weighted by Gasteiger charge is -2.23. The van der Waals surface area contributed by atoms with Crippen molar-refractivity contribution in [3.63, 3.8) is 0 Å². The van der Waals surface area contributed by atoms with Crippen LogP contribution >= 0.6 is 15.9 Å². The first-order valence-electron chi connectivity index (χ1n) is 7.53. The zero-order valence-electron chi connectivity index (χ0n) is 13.4. The summed E-state index contributed by atoms with van der Waals surface area (Å²) in [5.41, 5.74) is 0.722. The van der Waals surface area contributed by atoms with E-state index in [1.54, 1.807) is 6.07 Å². The summed E-state index contributed by atoms with van der Waals surface area (Å²) in [6.07, 6.45) is 0.996. The molecule has 1 saturated heterocycles. The minimum Gasteiger partial charge on any atom is -0.325 e. The van der Waals surface area contributed by atoms with Gasteiger partial charge in [-0.05, 0) is 43.5 Å². The Kier molecular flexibility index (Phi) is 5.09. The molecule has 1 heterocycles. The standard InChI is InChI=1S/C16H20BrN3O3/c1-4-16(5-2)14(22)20(15(23)19-16)9-13(21)18-11-6-7-12(17)10(3)8-11/h6-8H,4-5,9H2,1-3H3,(H,18,21)(H,19,23). The number of hydrogen-bond acceptors (Lipinski definition) is 3. The minimum absolute atomic E-state index is 0.290. The molecule has 0 aliphatic carbocycles. The molecule has 0 unspecified atom stereocenters. The van der Waals surface area contributed by atoms with E-state index in [0.29, 0.717) is 18.5 Å². The lowest BCUT2D eigenvalue weighted by Crippen LogP contribution is -2.46. The third-order valence-electron chi connectivity index (χ3n) is 4.20. The molecule has 0 spiro atoms. The first-order valence-corrected chi connectivity index (χ1v) is 8.32. The van der Waals surface area contributed by atoms with Crippen molar-refractivity contribution in [2.75, 3.05) is 11.9 Å². The maximum absolute atomic E-state index is 12.4. The van der Waals surface area contributed by atoms with Gasteiger partial charge in [-0.2, -0.15) is 0 Å². The first kappa shape index (κ1) is 17.5. The number of urea groups is 1. The molecule has 1 aliphatic rings. The number of anilines is 1. The topological polar surface area (TPSA) is 78.5 Å². The number of nitrogens with one attached hydrogen (secondary N) is 2. The van der Waals surface area contributed by atoms with Crippen molar-refractivity contribution in [2.24, 2.45) is 0 Å². The normalized spacial score (nSPS) is 16.4. The molecule has 1 fully saturated rings. The molecule has 0 aromatic heterocycles. The van der Waals surface area contributed by atoms with E-state index >= 15 is 0 Å². The van der Waals surface area contributed by atoms with E-state index in [2.05, 4.69) is 26.6 Å². The lowest BCUT2D eigenvalue weighted by atomic mass is 9.93. The molecule has 1 aliphatic heterocycles. The smallest absolute Gasteiger partial charge is 0.325 e. The molecule has 4 amide bonds. The van der Waals surface area contributed by atoms with Gasteiger partial charge < -0.3 is 10.6 Å². The molecule has 124 valence electrons. The summed E-state index contributed by atoms with van der Waals surface area (Å²) < 4.78 is 0.945. The van der Waals surface area contributed by atoms with Crippen LogP contribution in [-0.4, -0.2) is 34.8 Å². The highest BCUT2D eigenvalue weighted by atomic mass is 79.9. The second-order valence-corrected chi connectivity index (χ2v) is 6.48. The van der Waals surface area contributed by atoms with Crippen LogP contribution < -0.4 is 10.6 Å². The van der Waals surface area contributed by atoms with Crippen LogP contribution in [0.5, 0.6) is 0 Å². The van der Waals surface area contributed by atoms with E-state index in [1.807, 2.05) is 32.9 Å². The Hall–Kier alpha value is -1.89. The Bertz CT molecular complexity index is 656. The first-order chi connectivity index (χ1) is 10.8. The largest absolute Gasteiger partial charge is 0.325 e. The molecule has 0 radical (unpaired) electrons. The zero-order chi connectivity index (χ0) is 17.2. The van der Waals surface area contributed by atoms with Crippen LogP contribution in [0.25, 0.3) is 0 Å². The fourth-order valence-corrected chi connectivity index (χ4v) is 2.86. The van der Waals surface area contributed by atoms with Crippen LogP contribution in [0.15, 0.2) is 22.7 Å². The van der Waals surface area contributed by atoms with Crippen LogP contribution in [0.3, 0.4) is 0 Å². The van der Waals surface area contributed by atoms with E-state index in [4.69, 9.17) is 0 Å². The van der Waals surface area contributed by atoms with Crippen molar-refractivity contribution in [3.05, 3.63) is 28.2 Å². The highest BCUT2D eigenvalue weighted by Crippen LogP contribution is 2.25. The van der Waals surface area contributed by atoms with Gasteiger partial charge in [0.25, 0.3) is 5.91 Å². The molecule has 2 rings (SSSR count). The predicted octanol–water partition coefficient (Wildman–Crippen LogP) is 2.81. The number of rotatable bonds is 5. The molecule has 0 bridgehead atoms. The molecule has 23 heavy (non-hydrogen) atoms. The summed E-state index contributed by atoms with van der Waals surface area (Å²) in [6, 6.07) is 4.89. The number of carbonyl (C=O) groups is 3. The van der Waals surface area contributed by atoms with Crippen LogP contribution in [0.2, 0.25) is 0 Å². The summed E-state index contributed by atoms with van der Waals surface area (Å²) in [7, 11) is 0. The number of nitrogens with zero attached hydrogens (tertiary/aromatic N) is 1. The monoisotopic (exact) mass is 381 g/mol. The van der Waals surface area contributed by atoms with Crippen molar-refractivity contribution in [1.82, 2.24) is 10.2 Å². The van der Waals surface area contributed by atoms with E-state index < -0.39 is 17.5 Å². The van der Waals surface area contributed by atoms with Gasteiger partial charge in [0, 0.05) is 10.2 Å². The zero-order valence-corrected chi connectivity index (χ0v) is 15.0. The average Bonchev–Trinajstić information content (AvgIpc) is 2.75. The summed E-state index contributed by atoms with van der Waals surface area (Å²) >= 11 is 3.39. The Morgan fingerprint density at radius 2 is 1.96 bits per heavy atom. The highest BCUT2D eigenvalue weighted by Gasteiger charge is 2.49. The van der Waals surface area contributed by atoms with Crippen LogP contribution in [0, 0.1) is 6.92 Å². The second kappa shape index (κ2) is 6.70. The van der Waals surface area contributed by atoms with E-state index in [-0.39, 0.29) is 12.5 Å². The average molecular weight is 382 g/mol. The molecule has 1 aromatic rings. The van der Waals surface area contributed by atoms with Crippen LogP contribution in [0.1, 0.15) is 32.3 Å². The molecule has 7 heteroatoms. The molecule has 0 saturated carbocycles. The number of imide groups is 1.